The number of nitriles is 1. The Kier molecular flexibility index (Phi) is 11.7. The predicted molar refractivity (Wildman–Crippen MR) is 158 cm³/mol. The fourth-order valence-corrected chi connectivity index (χ4v) is 4.04. The van der Waals surface area contributed by atoms with Crippen LogP contribution in [0.4, 0.5) is 4.79 Å². The lowest BCUT2D eigenvalue weighted by Crippen LogP contribution is -2.52. The molecule has 0 radical (unpaired) electrons. The summed E-state index contributed by atoms with van der Waals surface area (Å²) in [5, 5.41) is 14.8. The van der Waals surface area contributed by atoms with Gasteiger partial charge in [-0.25, -0.2) is 9.59 Å². The molecule has 3 amide bonds. The Hall–Kier alpha value is -4.39. The minimum absolute atomic E-state index is 0.146. The summed E-state index contributed by atoms with van der Waals surface area (Å²) in [6.45, 7) is 13.1. The second-order valence-electron chi connectivity index (χ2n) is 12.1. The van der Waals surface area contributed by atoms with E-state index >= 15 is 0 Å². The van der Waals surface area contributed by atoms with Crippen molar-refractivity contribution in [3.05, 3.63) is 70.8 Å². The first-order chi connectivity index (χ1) is 19.5. The number of carbonyl (C=O) groups excluding carboxylic acids is 4. The normalized spacial score (nSPS) is 12.7. The molecule has 0 spiro atoms. The van der Waals surface area contributed by atoms with Crippen LogP contribution in [0.2, 0.25) is 0 Å². The summed E-state index contributed by atoms with van der Waals surface area (Å²) in [6, 6.07) is 14.0. The van der Waals surface area contributed by atoms with Crippen molar-refractivity contribution in [1.82, 2.24) is 15.5 Å². The molecule has 2 aromatic carbocycles. The van der Waals surface area contributed by atoms with Crippen molar-refractivity contribution in [2.75, 3.05) is 13.1 Å². The van der Waals surface area contributed by atoms with Crippen LogP contribution in [0, 0.1) is 25.2 Å². The number of esters is 1. The highest BCUT2D eigenvalue weighted by molar-refractivity contribution is 5.93. The van der Waals surface area contributed by atoms with Crippen molar-refractivity contribution >= 4 is 23.9 Å². The van der Waals surface area contributed by atoms with E-state index in [2.05, 4.69) is 10.6 Å². The van der Waals surface area contributed by atoms with E-state index in [4.69, 9.17) is 9.47 Å². The van der Waals surface area contributed by atoms with E-state index in [-0.39, 0.29) is 6.42 Å². The molecule has 0 bridgehead atoms. The quantitative estimate of drug-likeness (QED) is 0.317. The minimum atomic E-state index is -1.28. The maximum absolute atomic E-state index is 14.0. The minimum Gasteiger partial charge on any atom is -0.458 e. The summed E-state index contributed by atoms with van der Waals surface area (Å²) in [6.07, 6.45) is -0.666. The summed E-state index contributed by atoms with van der Waals surface area (Å²) in [4.78, 5) is 54.0. The van der Waals surface area contributed by atoms with Crippen molar-refractivity contribution in [3.8, 4) is 6.07 Å². The van der Waals surface area contributed by atoms with Crippen LogP contribution in [0.3, 0.4) is 0 Å². The van der Waals surface area contributed by atoms with Crippen LogP contribution >= 0.6 is 0 Å². The van der Waals surface area contributed by atoms with Crippen molar-refractivity contribution in [1.29, 1.82) is 5.26 Å². The molecule has 0 fully saturated rings. The van der Waals surface area contributed by atoms with Gasteiger partial charge >= 0.3 is 12.1 Å². The number of amides is 3. The molecule has 2 N–H and O–H groups in total. The van der Waals surface area contributed by atoms with Gasteiger partial charge in [0.05, 0.1) is 6.07 Å². The first-order valence-electron chi connectivity index (χ1n) is 13.8. The topological polar surface area (TPSA) is 138 Å². The van der Waals surface area contributed by atoms with Gasteiger partial charge < -0.3 is 25.0 Å². The first kappa shape index (κ1) is 33.8. The van der Waals surface area contributed by atoms with E-state index < -0.39 is 60.3 Å². The highest BCUT2D eigenvalue weighted by Gasteiger charge is 2.35. The second kappa shape index (κ2) is 14.5. The number of rotatable bonds is 10. The molecule has 0 saturated heterocycles. The zero-order valence-corrected chi connectivity index (χ0v) is 25.7. The molecule has 2 rings (SSSR count). The zero-order valence-electron chi connectivity index (χ0n) is 25.7. The third-order valence-corrected chi connectivity index (χ3v) is 6.04. The number of nitrogens with one attached hydrogen (secondary N) is 2. The van der Waals surface area contributed by atoms with E-state index in [1.807, 2.05) is 56.3 Å². The summed E-state index contributed by atoms with van der Waals surface area (Å²) in [5.74, 6) is -1.99. The van der Waals surface area contributed by atoms with E-state index in [1.165, 1.54) is 0 Å². The maximum Gasteiger partial charge on any atom is 0.408 e. The number of hydrogen-bond acceptors (Lipinski definition) is 7. The lowest BCUT2D eigenvalue weighted by Gasteiger charge is -2.32. The second-order valence-corrected chi connectivity index (χ2v) is 12.1. The van der Waals surface area contributed by atoms with Crippen LogP contribution in [0.25, 0.3) is 0 Å². The number of carbonyl (C=O) groups is 4. The average molecular weight is 579 g/mol. The van der Waals surface area contributed by atoms with Gasteiger partial charge in [0.15, 0.2) is 0 Å². The van der Waals surface area contributed by atoms with Crippen LogP contribution in [0.5, 0.6) is 0 Å². The molecule has 2 unspecified atom stereocenters. The summed E-state index contributed by atoms with van der Waals surface area (Å²) < 4.78 is 10.8. The Morgan fingerprint density at radius 3 is 2.07 bits per heavy atom. The number of hydrogen-bond donors (Lipinski definition) is 2. The molecule has 2 aromatic rings. The SMILES string of the molecule is Cc1ccc(C(C(=O)NC(Cc2ccccc2)C(=O)OC(C)(C)C)N(CC#N)C(=O)CNC(=O)OC(C)(C)C)cc1C. The standard InChI is InChI=1S/C32H42N4O6/c1-21-14-15-24(18-22(21)2)27(36(17-16-33)26(37)20-34-30(40)42-32(6,7)8)28(38)35-25(29(39)41-31(3,4)5)19-23-12-10-9-11-13-23/h9-15,18,25,27H,17,19-20H2,1-8H3,(H,34,40)(H,35,38). The highest BCUT2D eigenvalue weighted by Crippen LogP contribution is 2.25. The number of alkyl carbamates (subject to hydrolysis) is 1. The van der Waals surface area contributed by atoms with Gasteiger partial charge in [-0.2, -0.15) is 5.26 Å². The monoisotopic (exact) mass is 578 g/mol. The van der Waals surface area contributed by atoms with Crippen molar-refractivity contribution in [3.63, 3.8) is 0 Å². The summed E-state index contributed by atoms with van der Waals surface area (Å²) >= 11 is 0. The van der Waals surface area contributed by atoms with Gasteiger partial charge in [-0.3, -0.25) is 9.59 Å². The molecule has 2 atom stereocenters. The fourth-order valence-electron chi connectivity index (χ4n) is 4.04. The molecule has 42 heavy (non-hydrogen) atoms. The Labute approximate surface area is 248 Å². The third kappa shape index (κ3) is 10.9. The van der Waals surface area contributed by atoms with Crippen LogP contribution in [-0.2, 0) is 30.3 Å². The van der Waals surface area contributed by atoms with Crippen LogP contribution in [-0.4, -0.2) is 59.1 Å². The summed E-state index contributed by atoms with van der Waals surface area (Å²) in [5.41, 5.74) is 1.49. The largest absolute Gasteiger partial charge is 0.458 e. The highest BCUT2D eigenvalue weighted by atomic mass is 16.6. The molecule has 10 nitrogen and oxygen atoms in total. The van der Waals surface area contributed by atoms with Gasteiger partial charge in [-0.05, 0) is 77.6 Å². The number of benzene rings is 2. The molecule has 0 aromatic heterocycles. The lowest BCUT2D eigenvalue weighted by molar-refractivity contribution is -0.159. The maximum atomic E-state index is 14.0. The van der Waals surface area contributed by atoms with E-state index in [0.29, 0.717) is 5.56 Å². The Morgan fingerprint density at radius 1 is 0.905 bits per heavy atom. The van der Waals surface area contributed by atoms with Crippen LogP contribution < -0.4 is 10.6 Å². The van der Waals surface area contributed by atoms with Gasteiger partial charge in [-0.15, -0.1) is 0 Å². The van der Waals surface area contributed by atoms with Gasteiger partial charge in [0, 0.05) is 6.42 Å². The smallest absolute Gasteiger partial charge is 0.408 e. The molecule has 10 heteroatoms. The molecule has 0 aliphatic heterocycles. The molecule has 0 heterocycles. The first-order valence-corrected chi connectivity index (χ1v) is 13.8. The molecular weight excluding hydrogens is 536 g/mol. The molecule has 226 valence electrons. The van der Waals surface area contributed by atoms with Gasteiger partial charge in [-0.1, -0.05) is 48.5 Å². The number of aryl methyl sites for hydroxylation is 2. The Morgan fingerprint density at radius 2 is 1.52 bits per heavy atom. The molecule has 0 aliphatic carbocycles. The van der Waals surface area contributed by atoms with Crippen LogP contribution in [0.15, 0.2) is 48.5 Å². The van der Waals surface area contributed by atoms with E-state index in [1.54, 1.807) is 53.7 Å². The van der Waals surface area contributed by atoms with E-state index in [9.17, 15) is 24.4 Å². The average Bonchev–Trinajstić information content (AvgIpc) is 2.87. The number of nitrogens with zero attached hydrogens (tertiary/aromatic N) is 2. The van der Waals surface area contributed by atoms with Crippen molar-refractivity contribution in [2.24, 2.45) is 0 Å². The molecule has 0 saturated carbocycles. The van der Waals surface area contributed by atoms with Gasteiger partial charge in [0.2, 0.25) is 11.8 Å². The predicted octanol–water partition coefficient (Wildman–Crippen LogP) is 4.29. The molecule has 0 aliphatic rings. The Bertz CT molecular complexity index is 1310. The van der Waals surface area contributed by atoms with Gasteiger partial charge in [0.25, 0.3) is 0 Å². The van der Waals surface area contributed by atoms with Crippen molar-refractivity contribution < 1.29 is 28.7 Å². The molecular formula is C32H42N4O6. The van der Waals surface area contributed by atoms with E-state index in [0.717, 1.165) is 21.6 Å². The Balaban J connectivity index is 2.47. The third-order valence-electron chi connectivity index (χ3n) is 6.04. The fraction of sp³-hybridized carbons (Fsp3) is 0.469. The zero-order chi connectivity index (χ0) is 31.7. The van der Waals surface area contributed by atoms with Gasteiger partial charge in [0.1, 0.15) is 36.4 Å². The van der Waals surface area contributed by atoms with Crippen LogP contribution in [0.1, 0.15) is 69.8 Å². The number of ether oxygens (including phenoxy) is 2. The summed E-state index contributed by atoms with van der Waals surface area (Å²) in [7, 11) is 0. The lowest BCUT2D eigenvalue weighted by atomic mass is 9.98. The van der Waals surface area contributed by atoms with Crippen molar-refractivity contribution in [2.45, 2.75) is 85.1 Å².